The van der Waals surface area contributed by atoms with Gasteiger partial charge in [0.1, 0.15) is 11.7 Å². The van der Waals surface area contributed by atoms with Crippen molar-refractivity contribution in [2.24, 2.45) is 17.3 Å². The molecule has 3 fully saturated rings. The molecular formula is C28H37NO4. The van der Waals surface area contributed by atoms with Crippen LogP contribution in [0.3, 0.4) is 0 Å². The third kappa shape index (κ3) is 2.26. The summed E-state index contributed by atoms with van der Waals surface area (Å²) in [6.07, 6.45) is 11.8. The Balaban J connectivity index is 1.48. The second-order valence-electron chi connectivity index (χ2n) is 12.1. The van der Waals surface area contributed by atoms with E-state index in [-0.39, 0.29) is 28.6 Å². The number of phenolic OH excluding ortho intramolecular Hbond substituents is 1. The van der Waals surface area contributed by atoms with Gasteiger partial charge in [-0.3, -0.25) is 4.90 Å². The maximum Gasteiger partial charge on any atom is 0.165 e. The van der Waals surface area contributed by atoms with Gasteiger partial charge in [-0.2, -0.15) is 0 Å². The number of benzene rings is 1. The minimum atomic E-state index is -0.847. The van der Waals surface area contributed by atoms with Crippen molar-refractivity contribution in [1.82, 2.24) is 4.90 Å². The lowest BCUT2D eigenvalue weighted by Gasteiger charge is -2.72. The van der Waals surface area contributed by atoms with Gasteiger partial charge in [-0.25, -0.2) is 0 Å². The Morgan fingerprint density at radius 3 is 2.82 bits per heavy atom. The van der Waals surface area contributed by atoms with Gasteiger partial charge >= 0.3 is 0 Å². The number of nitrogens with zero attached hydrogens (tertiary/aromatic N) is 1. The van der Waals surface area contributed by atoms with Crippen LogP contribution in [0.15, 0.2) is 24.3 Å². The highest BCUT2D eigenvalue weighted by Gasteiger charge is 2.80. The van der Waals surface area contributed by atoms with Crippen molar-refractivity contribution in [2.75, 3.05) is 20.2 Å². The van der Waals surface area contributed by atoms with Crippen molar-refractivity contribution in [3.05, 3.63) is 35.4 Å². The third-order valence-corrected chi connectivity index (χ3v) is 10.6. The zero-order chi connectivity index (χ0) is 22.8. The first kappa shape index (κ1) is 20.8. The molecule has 2 spiro atoms. The van der Waals surface area contributed by atoms with Crippen LogP contribution in [0.2, 0.25) is 0 Å². The van der Waals surface area contributed by atoms with E-state index in [9.17, 15) is 10.2 Å². The molecule has 0 aromatic heterocycles. The summed E-state index contributed by atoms with van der Waals surface area (Å²) in [6.45, 7) is 6.41. The molecule has 7 atom stereocenters. The highest BCUT2D eigenvalue weighted by molar-refractivity contribution is 5.65. The lowest BCUT2D eigenvalue weighted by Crippen LogP contribution is -2.80. The quantitative estimate of drug-likeness (QED) is 0.642. The predicted octanol–water partition coefficient (Wildman–Crippen LogP) is 3.94. The number of methoxy groups -OCH3 is 1. The van der Waals surface area contributed by atoms with Crippen LogP contribution in [0.25, 0.3) is 0 Å². The number of phenols is 1. The fourth-order valence-electron chi connectivity index (χ4n) is 9.16. The number of aromatic hydroxyl groups is 1. The van der Waals surface area contributed by atoms with Gasteiger partial charge in [-0.05, 0) is 69.5 Å². The summed E-state index contributed by atoms with van der Waals surface area (Å²) >= 11 is 0. The summed E-state index contributed by atoms with van der Waals surface area (Å²) < 4.78 is 13.2. The van der Waals surface area contributed by atoms with Crippen LogP contribution < -0.4 is 4.74 Å². The zero-order valence-electron chi connectivity index (χ0n) is 20.1. The van der Waals surface area contributed by atoms with Crippen molar-refractivity contribution in [2.45, 2.75) is 87.6 Å². The first-order chi connectivity index (χ1) is 15.8. The predicted molar refractivity (Wildman–Crippen MR) is 126 cm³/mol. The average Bonchev–Trinajstić information content (AvgIpc) is 3.54. The smallest absolute Gasteiger partial charge is 0.165 e. The SMILES string of the molecule is CCC[C@@](C)(O)[C@H]1C[C@]23C=C[C@@]1(OC)[C@@H]1Oc4c(O)ccc5c4[C@@]12CCN(CC1CC1)[C@@H]3C5. The van der Waals surface area contributed by atoms with Crippen LogP contribution >= 0.6 is 0 Å². The molecule has 2 aliphatic heterocycles. The molecule has 178 valence electrons. The van der Waals surface area contributed by atoms with Crippen molar-refractivity contribution in [3.8, 4) is 11.5 Å². The number of hydrogen-bond donors (Lipinski definition) is 2. The molecule has 5 heteroatoms. The normalized spacial score (nSPS) is 43.8. The molecule has 4 bridgehead atoms. The Labute approximate surface area is 196 Å². The van der Waals surface area contributed by atoms with E-state index in [1.165, 1.54) is 30.5 Å². The molecule has 0 unspecified atom stereocenters. The molecule has 1 aromatic carbocycles. The van der Waals surface area contributed by atoms with Gasteiger partial charge in [-0.1, -0.05) is 31.6 Å². The molecule has 33 heavy (non-hydrogen) atoms. The van der Waals surface area contributed by atoms with Crippen molar-refractivity contribution < 1.29 is 19.7 Å². The van der Waals surface area contributed by atoms with Gasteiger partial charge in [0, 0.05) is 36.6 Å². The number of piperidine rings is 1. The molecule has 2 heterocycles. The first-order valence-electron chi connectivity index (χ1n) is 13.1. The molecule has 7 aliphatic rings. The fraction of sp³-hybridized carbons (Fsp3) is 0.714. The van der Waals surface area contributed by atoms with Crippen LogP contribution in [-0.2, 0) is 16.6 Å². The van der Waals surface area contributed by atoms with E-state index in [1.54, 1.807) is 7.11 Å². The van der Waals surface area contributed by atoms with Crippen molar-refractivity contribution >= 4 is 0 Å². The fourth-order valence-corrected chi connectivity index (χ4v) is 9.16. The standard InChI is InChI=1S/C28H37NO4/c1-4-9-25(2,31)20-15-26-10-11-28(20,32-3)24-27(26)12-13-29(16-17-5-6-17)21(26)14-18-7-8-19(30)23(33-24)22(18)27/h7-8,10-11,17,20-21,24,30-31H,4-6,9,12-16H2,1-3H3/t20-,21-,24-,25-,26+,27+,28+/m1/s1. The first-order valence-corrected chi connectivity index (χ1v) is 13.1. The second kappa shape index (κ2) is 6.35. The molecule has 0 radical (unpaired) electrons. The molecule has 2 N–H and O–H groups in total. The van der Waals surface area contributed by atoms with E-state index in [4.69, 9.17) is 9.47 Å². The third-order valence-electron chi connectivity index (χ3n) is 10.6. The number of hydrogen-bond acceptors (Lipinski definition) is 5. The largest absolute Gasteiger partial charge is 0.504 e. The highest BCUT2D eigenvalue weighted by Crippen LogP contribution is 2.75. The molecule has 2 saturated carbocycles. The molecule has 8 rings (SSSR count). The van der Waals surface area contributed by atoms with Crippen LogP contribution in [0.1, 0.15) is 63.5 Å². The molecule has 5 aliphatic carbocycles. The van der Waals surface area contributed by atoms with E-state index in [1.807, 2.05) is 13.0 Å². The summed E-state index contributed by atoms with van der Waals surface area (Å²) in [4.78, 5) is 2.77. The van der Waals surface area contributed by atoms with Gasteiger partial charge in [-0.15, -0.1) is 0 Å². The molecule has 1 saturated heterocycles. The van der Waals surface area contributed by atoms with Crippen LogP contribution in [0, 0.1) is 17.3 Å². The number of ether oxygens (including phenoxy) is 2. The van der Waals surface area contributed by atoms with Gasteiger partial charge in [0.05, 0.1) is 11.0 Å². The number of rotatable bonds is 6. The van der Waals surface area contributed by atoms with Crippen LogP contribution in [0.4, 0.5) is 0 Å². The minimum absolute atomic E-state index is 0.0561. The zero-order valence-corrected chi connectivity index (χ0v) is 20.1. The van der Waals surface area contributed by atoms with Crippen molar-refractivity contribution in [3.63, 3.8) is 0 Å². The topological polar surface area (TPSA) is 62.2 Å². The maximum atomic E-state index is 11.8. The number of likely N-dealkylation sites (tertiary alicyclic amines) is 1. The van der Waals surface area contributed by atoms with E-state index in [0.29, 0.717) is 11.8 Å². The highest BCUT2D eigenvalue weighted by atomic mass is 16.6. The lowest BCUT2D eigenvalue weighted by molar-refractivity contribution is -0.249. The average molecular weight is 452 g/mol. The van der Waals surface area contributed by atoms with Crippen LogP contribution in [-0.4, -0.2) is 58.7 Å². The number of fused-ring (bicyclic) bond motifs is 1. The van der Waals surface area contributed by atoms with Crippen LogP contribution in [0.5, 0.6) is 11.5 Å². The monoisotopic (exact) mass is 451 g/mol. The van der Waals surface area contributed by atoms with Gasteiger partial charge in [0.25, 0.3) is 0 Å². The number of aliphatic hydroxyl groups is 1. The Morgan fingerprint density at radius 1 is 1.27 bits per heavy atom. The Kier molecular flexibility index (Phi) is 4.00. The summed E-state index contributed by atoms with van der Waals surface area (Å²) in [5.41, 5.74) is 0.714. The van der Waals surface area contributed by atoms with Gasteiger partial charge < -0.3 is 19.7 Å². The van der Waals surface area contributed by atoms with E-state index in [2.05, 4.69) is 30.0 Å². The Morgan fingerprint density at radius 2 is 2.09 bits per heavy atom. The van der Waals surface area contributed by atoms with E-state index >= 15 is 0 Å². The van der Waals surface area contributed by atoms with Gasteiger partial charge in [0.2, 0.25) is 0 Å². The van der Waals surface area contributed by atoms with E-state index in [0.717, 1.165) is 44.6 Å². The summed E-state index contributed by atoms with van der Waals surface area (Å²) in [7, 11) is 1.78. The lowest BCUT2D eigenvalue weighted by atomic mass is 9.36. The van der Waals surface area contributed by atoms with Gasteiger partial charge in [0.15, 0.2) is 11.5 Å². The maximum absolute atomic E-state index is 11.8. The molecule has 1 aromatic rings. The molecule has 0 amide bonds. The van der Waals surface area contributed by atoms with Crippen molar-refractivity contribution in [1.29, 1.82) is 0 Å². The molecular weight excluding hydrogens is 414 g/mol. The summed E-state index contributed by atoms with van der Waals surface area (Å²) in [5.74, 6) is 1.71. The van der Waals surface area contributed by atoms with E-state index < -0.39 is 11.2 Å². The second-order valence-corrected chi connectivity index (χ2v) is 12.1. The molecule has 5 nitrogen and oxygen atoms in total. The Bertz CT molecular complexity index is 1050. The Hall–Kier alpha value is -1.56. The summed E-state index contributed by atoms with van der Waals surface area (Å²) in [6, 6.07) is 4.35. The minimum Gasteiger partial charge on any atom is -0.504 e. The summed E-state index contributed by atoms with van der Waals surface area (Å²) in [5, 5.41) is 22.7.